The lowest BCUT2D eigenvalue weighted by Crippen LogP contribution is -2.30. The van der Waals surface area contributed by atoms with Crippen molar-refractivity contribution in [3.8, 4) is 5.75 Å². The van der Waals surface area contributed by atoms with Gasteiger partial charge in [0.2, 0.25) is 5.78 Å². The van der Waals surface area contributed by atoms with Crippen LogP contribution in [-0.4, -0.2) is 30.4 Å². The number of nitrogens with zero attached hydrogens (tertiary/aromatic N) is 1. The lowest BCUT2D eigenvalue weighted by Gasteiger charge is -2.18. The van der Waals surface area contributed by atoms with Crippen molar-refractivity contribution >= 4 is 46.4 Å². The number of benzene rings is 4. The Balaban J connectivity index is 1.44. The molecule has 0 unspecified atom stereocenters. The van der Waals surface area contributed by atoms with Gasteiger partial charge in [-0.2, -0.15) is 5.10 Å². The van der Waals surface area contributed by atoms with Crippen LogP contribution in [0.25, 0.3) is 6.08 Å². The number of methoxy groups -OCH3 is 1. The van der Waals surface area contributed by atoms with E-state index < -0.39 is 11.7 Å². The van der Waals surface area contributed by atoms with E-state index in [0.29, 0.717) is 39.5 Å². The minimum Gasteiger partial charge on any atom is -0.495 e. The summed E-state index contributed by atoms with van der Waals surface area (Å²) in [6.07, 6.45) is 1.56. The zero-order valence-electron chi connectivity index (χ0n) is 21.0. The van der Waals surface area contributed by atoms with Gasteiger partial charge in [-0.25, -0.2) is 0 Å². The molecule has 8 nitrogen and oxygen atoms in total. The molecule has 0 atom stereocenters. The molecule has 0 spiro atoms. The van der Waals surface area contributed by atoms with Crippen LogP contribution in [0.3, 0.4) is 0 Å². The minimum atomic E-state index is -0.537. The number of ketones is 1. The maximum absolute atomic E-state index is 13.5. The fraction of sp³-hybridized carbons (Fsp3) is 0.0323. The molecule has 8 heteroatoms. The lowest BCUT2D eigenvalue weighted by molar-refractivity contribution is -0.116. The van der Waals surface area contributed by atoms with Gasteiger partial charge in [-0.1, -0.05) is 60.7 Å². The molecule has 0 heterocycles. The summed E-state index contributed by atoms with van der Waals surface area (Å²) >= 11 is 0. The molecular weight excluding hydrogens is 492 g/mol. The van der Waals surface area contributed by atoms with Gasteiger partial charge in [-0.15, -0.1) is 0 Å². The van der Waals surface area contributed by atoms with Gasteiger partial charge >= 0.3 is 0 Å². The van der Waals surface area contributed by atoms with Crippen LogP contribution in [0.1, 0.15) is 21.5 Å². The summed E-state index contributed by atoms with van der Waals surface area (Å²) in [5.74, 6) is -0.969. The van der Waals surface area contributed by atoms with Crippen molar-refractivity contribution in [1.29, 1.82) is 0 Å². The Morgan fingerprint density at radius 3 is 2.03 bits per heavy atom. The molecule has 3 N–H and O–H groups in total. The predicted octanol–water partition coefficient (Wildman–Crippen LogP) is 5.37. The molecule has 0 saturated carbocycles. The van der Waals surface area contributed by atoms with Gasteiger partial charge in [0.15, 0.2) is 0 Å². The standard InChI is InChI=1S/C31H24N4O4/c1-39-27-17-16-21(30(37)32-22-11-4-2-5-12-22)19-26(27)34-35-28-24-15-9-8-10-20(24)18-25(29(28)36)31(38)33-23-13-6-3-7-14-23/h2-19,34H,1H3,(H,32,37)(H,33,38)/b35-28-. The summed E-state index contributed by atoms with van der Waals surface area (Å²) in [5, 5.41) is 9.99. The van der Waals surface area contributed by atoms with Crippen molar-refractivity contribution < 1.29 is 19.1 Å². The Kier molecular flexibility index (Phi) is 7.27. The Morgan fingerprint density at radius 2 is 1.36 bits per heavy atom. The van der Waals surface area contributed by atoms with E-state index in [1.807, 2.05) is 36.4 Å². The highest BCUT2D eigenvalue weighted by Crippen LogP contribution is 2.28. The first kappa shape index (κ1) is 25.2. The molecule has 192 valence electrons. The second kappa shape index (κ2) is 11.3. The molecule has 0 bridgehead atoms. The smallest absolute Gasteiger partial charge is 0.259 e. The molecule has 5 rings (SSSR count). The van der Waals surface area contributed by atoms with E-state index in [1.54, 1.807) is 72.8 Å². The van der Waals surface area contributed by atoms with E-state index in [-0.39, 0.29) is 17.2 Å². The van der Waals surface area contributed by atoms with E-state index in [0.717, 1.165) is 0 Å². The van der Waals surface area contributed by atoms with Crippen molar-refractivity contribution in [3.63, 3.8) is 0 Å². The number of ether oxygens (including phenoxy) is 1. The molecule has 4 aromatic rings. The third-order valence-electron chi connectivity index (χ3n) is 6.03. The number of hydrazone groups is 1. The van der Waals surface area contributed by atoms with Crippen molar-refractivity contribution in [2.75, 3.05) is 23.2 Å². The van der Waals surface area contributed by atoms with Gasteiger partial charge < -0.3 is 15.4 Å². The van der Waals surface area contributed by atoms with E-state index in [9.17, 15) is 14.4 Å². The van der Waals surface area contributed by atoms with Gasteiger partial charge in [0, 0.05) is 22.5 Å². The summed E-state index contributed by atoms with van der Waals surface area (Å²) in [6, 6.07) is 30.0. The van der Waals surface area contributed by atoms with Crippen LogP contribution in [0.4, 0.5) is 17.1 Å². The average molecular weight is 517 g/mol. The zero-order chi connectivity index (χ0) is 27.2. The summed E-state index contributed by atoms with van der Waals surface area (Å²) in [4.78, 5) is 39.4. The van der Waals surface area contributed by atoms with Crippen molar-refractivity contribution in [1.82, 2.24) is 0 Å². The number of nitrogens with one attached hydrogen (secondary N) is 3. The van der Waals surface area contributed by atoms with Gasteiger partial charge in [-0.05, 0) is 54.1 Å². The zero-order valence-corrected chi connectivity index (χ0v) is 21.0. The van der Waals surface area contributed by atoms with Crippen molar-refractivity contribution in [3.05, 3.63) is 125 Å². The number of amides is 2. The van der Waals surface area contributed by atoms with Crippen LogP contribution in [-0.2, 0) is 9.59 Å². The second-order valence-corrected chi connectivity index (χ2v) is 8.60. The van der Waals surface area contributed by atoms with E-state index >= 15 is 0 Å². The SMILES string of the molecule is COc1ccc(C(=O)Nc2ccccc2)cc1N/N=C1\C(=O)C(C(=O)Nc2ccccc2)=Cc2ccccc21. The van der Waals surface area contributed by atoms with Gasteiger partial charge in [-0.3, -0.25) is 19.8 Å². The molecule has 39 heavy (non-hydrogen) atoms. The number of hydrogen-bond donors (Lipinski definition) is 3. The molecule has 0 aromatic heterocycles. The highest BCUT2D eigenvalue weighted by molar-refractivity contribution is 6.59. The minimum absolute atomic E-state index is 0.0407. The molecule has 0 fully saturated rings. The Hall–Kier alpha value is -5.50. The Bertz CT molecular complexity index is 1610. The van der Waals surface area contributed by atoms with E-state index in [1.165, 1.54) is 7.11 Å². The van der Waals surface area contributed by atoms with Crippen molar-refractivity contribution in [2.24, 2.45) is 5.10 Å². The fourth-order valence-electron chi connectivity index (χ4n) is 4.09. The fourth-order valence-corrected chi connectivity index (χ4v) is 4.09. The number of Topliss-reactive ketones (excluding diaryl/α,β-unsaturated/α-hetero) is 1. The Morgan fingerprint density at radius 1 is 0.744 bits per heavy atom. The maximum atomic E-state index is 13.5. The number of anilines is 3. The predicted molar refractivity (Wildman–Crippen MR) is 152 cm³/mol. The molecule has 1 aliphatic rings. The van der Waals surface area contributed by atoms with Crippen LogP contribution in [0, 0.1) is 0 Å². The lowest BCUT2D eigenvalue weighted by atomic mass is 9.89. The third-order valence-corrected chi connectivity index (χ3v) is 6.03. The number of carbonyl (C=O) groups is 3. The normalized spacial score (nSPS) is 13.2. The molecule has 4 aromatic carbocycles. The van der Waals surface area contributed by atoms with Crippen molar-refractivity contribution in [2.45, 2.75) is 0 Å². The summed E-state index contributed by atoms with van der Waals surface area (Å²) in [7, 11) is 1.49. The summed E-state index contributed by atoms with van der Waals surface area (Å²) in [6.45, 7) is 0. The molecule has 2 amide bonds. The topological polar surface area (TPSA) is 109 Å². The van der Waals surface area contributed by atoms with E-state index in [2.05, 4.69) is 21.2 Å². The number of fused-ring (bicyclic) bond motifs is 1. The largest absolute Gasteiger partial charge is 0.495 e. The molecular formula is C31H24N4O4. The highest BCUT2D eigenvalue weighted by atomic mass is 16.5. The number of rotatable bonds is 7. The van der Waals surface area contributed by atoms with Crippen LogP contribution < -0.4 is 20.8 Å². The highest BCUT2D eigenvalue weighted by Gasteiger charge is 2.30. The summed E-state index contributed by atoms with van der Waals surface area (Å²) in [5.41, 5.74) is 6.12. The third kappa shape index (κ3) is 5.60. The molecule has 1 aliphatic carbocycles. The average Bonchev–Trinajstić information content (AvgIpc) is 2.97. The number of para-hydroxylation sites is 2. The Labute approximate surface area is 225 Å². The monoisotopic (exact) mass is 516 g/mol. The van der Waals surface area contributed by atoms with Gasteiger partial charge in [0.05, 0.1) is 18.4 Å². The summed E-state index contributed by atoms with van der Waals surface area (Å²) < 4.78 is 5.44. The molecule has 0 saturated heterocycles. The van der Waals surface area contributed by atoms with Gasteiger partial charge in [0.25, 0.3) is 11.8 Å². The van der Waals surface area contributed by atoms with Crippen LogP contribution in [0.2, 0.25) is 0 Å². The van der Waals surface area contributed by atoms with Crippen LogP contribution >= 0.6 is 0 Å². The maximum Gasteiger partial charge on any atom is 0.259 e. The van der Waals surface area contributed by atoms with Gasteiger partial charge in [0.1, 0.15) is 11.5 Å². The van der Waals surface area contributed by atoms with Crippen LogP contribution in [0.5, 0.6) is 5.75 Å². The first-order valence-electron chi connectivity index (χ1n) is 12.1. The number of carbonyl (C=O) groups excluding carboxylic acids is 3. The number of hydrogen-bond acceptors (Lipinski definition) is 6. The van der Waals surface area contributed by atoms with Crippen LogP contribution in [0.15, 0.2) is 114 Å². The van der Waals surface area contributed by atoms with E-state index in [4.69, 9.17) is 4.74 Å². The first-order chi connectivity index (χ1) is 19.0. The first-order valence-corrected chi connectivity index (χ1v) is 12.1. The quantitative estimate of drug-likeness (QED) is 0.226. The second-order valence-electron chi connectivity index (χ2n) is 8.60. The molecule has 0 aliphatic heterocycles. The molecule has 0 radical (unpaired) electrons.